The highest BCUT2D eigenvalue weighted by molar-refractivity contribution is 5.94. The van der Waals surface area contributed by atoms with Gasteiger partial charge in [0.15, 0.2) is 0 Å². The van der Waals surface area contributed by atoms with Crippen LogP contribution in [0.15, 0.2) is 10.9 Å². The Morgan fingerprint density at radius 2 is 1.84 bits per heavy atom. The van der Waals surface area contributed by atoms with E-state index in [1.54, 1.807) is 6.07 Å². The van der Waals surface area contributed by atoms with Crippen LogP contribution in [0.25, 0.3) is 0 Å². The van der Waals surface area contributed by atoms with E-state index in [2.05, 4.69) is 20.5 Å². The van der Waals surface area contributed by atoms with Crippen LogP contribution < -0.4 is 16.2 Å². The third-order valence-corrected chi connectivity index (χ3v) is 7.45. The molecular formula is C22H32Cl2N4O3. The van der Waals surface area contributed by atoms with Crippen LogP contribution in [0.4, 0.5) is 0 Å². The van der Waals surface area contributed by atoms with Crippen molar-refractivity contribution in [3.8, 4) is 0 Å². The first-order chi connectivity index (χ1) is 14.1. The van der Waals surface area contributed by atoms with Crippen LogP contribution in [-0.4, -0.2) is 53.4 Å². The van der Waals surface area contributed by atoms with Gasteiger partial charge in [0.25, 0.3) is 11.5 Å². The molecule has 2 bridgehead atoms. The highest BCUT2D eigenvalue weighted by Crippen LogP contribution is 2.39. The molecule has 7 nitrogen and oxygen atoms in total. The van der Waals surface area contributed by atoms with Gasteiger partial charge in [-0.2, -0.15) is 0 Å². The SMILES string of the molecule is Cl.Cl.O=C(NC[C@H]1[C@@H]2CNC[C@@H](C2)[C@@H]2CCCC(=O)N21)c1cc2c([nH]c1=O)CCCC2. The molecule has 172 valence electrons. The number of amides is 2. The van der Waals surface area contributed by atoms with E-state index in [4.69, 9.17) is 0 Å². The molecule has 0 aromatic carbocycles. The summed E-state index contributed by atoms with van der Waals surface area (Å²) in [6, 6.07) is 2.07. The molecule has 1 aromatic heterocycles. The van der Waals surface area contributed by atoms with E-state index in [1.807, 2.05) is 0 Å². The van der Waals surface area contributed by atoms with E-state index >= 15 is 0 Å². The molecule has 4 heterocycles. The molecule has 0 saturated carbocycles. The van der Waals surface area contributed by atoms with Gasteiger partial charge in [0.05, 0.1) is 6.04 Å². The average molecular weight is 471 g/mol. The molecule has 31 heavy (non-hydrogen) atoms. The minimum absolute atomic E-state index is 0. The molecule has 3 fully saturated rings. The lowest BCUT2D eigenvalue weighted by Gasteiger charge is -2.54. The molecule has 4 atom stereocenters. The first kappa shape index (κ1) is 24.1. The summed E-state index contributed by atoms with van der Waals surface area (Å²) >= 11 is 0. The second-order valence-corrected chi connectivity index (χ2v) is 9.18. The summed E-state index contributed by atoms with van der Waals surface area (Å²) < 4.78 is 0. The van der Waals surface area contributed by atoms with Gasteiger partial charge in [-0.1, -0.05) is 0 Å². The van der Waals surface area contributed by atoms with Gasteiger partial charge < -0.3 is 20.5 Å². The fourth-order valence-electron chi connectivity index (χ4n) is 6.03. The predicted octanol–water partition coefficient (Wildman–Crippen LogP) is 1.82. The molecular weight excluding hydrogens is 439 g/mol. The minimum Gasteiger partial charge on any atom is -0.350 e. The van der Waals surface area contributed by atoms with Gasteiger partial charge in [-0.25, -0.2) is 0 Å². The number of nitrogens with zero attached hydrogens (tertiary/aromatic N) is 1. The zero-order chi connectivity index (χ0) is 20.0. The number of nitrogens with one attached hydrogen (secondary N) is 3. The third-order valence-electron chi connectivity index (χ3n) is 7.45. The van der Waals surface area contributed by atoms with E-state index in [0.29, 0.717) is 24.8 Å². The maximum atomic E-state index is 12.9. The largest absolute Gasteiger partial charge is 0.350 e. The summed E-state index contributed by atoms with van der Waals surface area (Å²) in [6.45, 7) is 2.28. The van der Waals surface area contributed by atoms with Crippen LogP contribution in [0.5, 0.6) is 0 Å². The van der Waals surface area contributed by atoms with Crippen LogP contribution >= 0.6 is 24.8 Å². The maximum absolute atomic E-state index is 12.9. The maximum Gasteiger partial charge on any atom is 0.261 e. The number of carbonyl (C=O) groups excluding carboxylic acids is 2. The van der Waals surface area contributed by atoms with Crippen molar-refractivity contribution in [2.45, 2.75) is 63.5 Å². The lowest BCUT2D eigenvalue weighted by Crippen LogP contribution is -2.66. The number of piperidine rings is 3. The first-order valence-corrected chi connectivity index (χ1v) is 11.2. The van der Waals surface area contributed by atoms with Crippen LogP contribution in [0.1, 0.15) is 60.1 Å². The number of aromatic nitrogens is 1. The second kappa shape index (κ2) is 9.92. The molecule has 1 aliphatic carbocycles. The number of fused-ring (bicyclic) bond motifs is 5. The van der Waals surface area contributed by atoms with Crippen LogP contribution in [0.2, 0.25) is 0 Å². The number of hydrogen-bond acceptors (Lipinski definition) is 4. The van der Waals surface area contributed by atoms with Crippen molar-refractivity contribution in [2.75, 3.05) is 19.6 Å². The van der Waals surface area contributed by atoms with Gasteiger partial charge in [-0.05, 0) is 75.0 Å². The molecule has 5 rings (SSSR count). The monoisotopic (exact) mass is 470 g/mol. The van der Waals surface area contributed by atoms with Gasteiger partial charge in [-0.3, -0.25) is 14.4 Å². The normalized spacial score (nSPS) is 29.0. The number of carbonyl (C=O) groups is 2. The standard InChI is InChI=1S/C22H30N4O3.2ClH/c27-20-7-3-6-18-14-8-15(11-23-10-14)19(26(18)20)12-24-21(28)16-9-13-4-1-2-5-17(13)25-22(16)29;;/h9,14-15,18-19,23H,1-8,10-12H2,(H,24,28)(H,25,29);2*1H/t14-,15+,18+,19+;;/m1../s1. The number of aromatic amines is 1. The van der Waals surface area contributed by atoms with Crippen LogP contribution in [-0.2, 0) is 17.6 Å². The zero-order valence-electron chi connectivity index (χ0n) is 17.7. The molecule has 3 aliphatic heterocycles. The average Bonchev–Trinajstić information content (AvgIpc) is 2.73. The first-order valence-electron chi connectivity index (χ1n) is 11.2. The van der Waals surface area contributed by atoms with Crippen LogP contribution in [0.3, 0.4) is 0 Å². The van der Waals surface area contributed by atoms with Crippen molar-refractivity contribution < 1.29 is 9.59 Å². The zero-order valence-corrected chi connectivity index (χ0v) is 19.3. The Labute approximate surface area is 194 Å². The Morgan fingerprint density at radius 3 is 2.68 bits per heavy atom. The summed E-state index contributed by atoms with van der Waals surface area (Å²) in [4.78, 5) is 43.0. The summed E-state index contributed by atoms with van der Waals surface area (Å²) in [5.41, 5.74) is 1.95. The van der Waals surface area contributed by atoms with Crippen molar-refractivity contribution in [1.82, 2.24) is 20.5 Å². The summed E-state index contributed by atoms with van der Waals surface area (Å²) in [5.74, 6) is 0.776. The summed E-state index contributed by atoms with van der Waals surface area (Å²) in [6.07, 6.45) is 7.70. The fourth-order valence-corrected chi connectivity index (χ4v) is 6.03. The number of halogens is 2. The summed E-state index contributed by atoms with van der Waals surface area (Å²) in [7, 11) is 0. The number of aryl methyl sites for hydroxylation is 2. The van der Waals surface area contributed by atoms with Crippen molar-refractivity contribution >= 4 is 36.6 Å². The number of rotatable bonds is 3. The van der Waals surface area contributed by atoms with Gasteiger partial charge in [0, 0.05) is 31.2 Å². The molecule has 9 heteroatoms. The lowest BCUT2D eigenvalue weighted by atomic mass is 9.72. The van der Waals surface area contributed by atoms with E-state index in [1.165, 1.54) is 0 Å². The lowest BCUT2D eigenvalue weighted by molar-refractivity contribution is -0.148. The fraction of sp³-hybridized carbons (Fsp3) is 0.682. The van der Waals surface area contributed by atoms with Crippen molar-refractivity contribution in [2.24, 2.45) is 11.8 Å². The van der Waals surface area contributed by atoms with E-state index in [-0.39, 0.29) is 59.8 Å². The number of pyridine rings is 1. The smallest absolute Gasteiger partial charge is 0.261 e. The van der Waals surface area contributed by atoms with Crippen molar-refractivity contribution in [3.05, 3.63) is 33.2 Å². The van der Waals surface area contributed by atoms with Gasteiger partial charge in [-0.15, -0.1) is 24.8 Å². The van der Waals surface area contributed by atoms with Gasteiger partial charge in [0.1, 0.15) is 5.56 Å². The molecule has 0 spiro atoms. The van der Waals surface area contributed by atoms with Gasteiger partial charge >= 0.3 is 0 Å². The Balaban J connectivity index is 0.00000136. The molecule has 3 N–H and O–H groups in total. The van der Waals surface area contributed by atoms with Crippen molar-refractivity contribution in [3.63, 3.8) is 0 Å². The molecule has 2 amide bonds. The predicted molar refractivity (Wildman–Crippen MR) is 123 cm³/mol. The van der Waals surface area contributed by atoms with Crippen molar-refractivity contribution in [1.29, 1.82) is 0 Å². The van der Waals surface area contributed by atoms with E-state index in [0.717, 1.165) is 69.3 Å². The Bertz CT molecular complexity index is 890. The molecule has 4 aliphatic rings. The quantitative estimate of drug-likeness (QED) is 0.627. The molecule has 0 radical (unpaired) electrons. The number of hydrogen-bond donors (Lipinski definition) is 3. The minimum atomic E-state index is -0.327. The van der Waals surface area contributed by atoms with E-state index < -0.39 is 0 Å². The van der Waals surface area contributed by atoms with Crippen LogP contribution in [0, 0.1) is 11.8 Å². The number of H-pyrrole nitrogens is 1. The topological polar surface area (TPSA) is 94.3 Å². The molecule has 0 unspecified atom stereocenters. The second-order valence-electron chi connectivity index (χ2n) is 9.18. The summed E-state index contributed by atoms with van der Waals surface area (Å²) in [5, 5.41) is 6.51. The molecule has 3 saturated heterocycles. The third kappa shape index (κ3) is 4.50. The highest BCUT2D eigenvalue weighted by atomic mass is 35.5. The Hall–Kier alpha value is -1.57. The highest BCUT2D eigenvalue weighted by Gasteiger charge is 2.47. The Morgan fingerprint density at radius 1 is 1.06 bits per heavy atom. The van der Waals surface area contributed by atoms with E-state index in [9.17, 15) is 14.4 Å². The Kier molecular flexibility index (Phi) is 7.71. The molecule has 1 aromatic rings. The van der Waals surface area contributed by atoms with Gasteiger partial charge in [0.2, 0.25) is 5.91 Å².